The Hall–Kier alpha value is -1.95. The maximum Gasteiger partial charge on any atom is 0.254 e. The number of hydrogen-bond acceptors (Lipinski definition) is 4. The minimum atomic E-state index is 0.644. The Labute approximate surface area is 124 Å². The van der Waals surface area contributed by atoms with Crippen LogP contribution in [0.15, 0.2) is 35.1 Å². The minimum absolute atomic E-state index is 0.644. The predicted molar refractivity (Wildman–Crippen MR) is 80.4 cm³/mol. The second-order valence-corrected chi connectivity index (χ2v) is 5.82. The molecular weight excluding hydrogens is 318 g/mol. The maximum atomic E-state index is 4.39. The monoisotopic (exact) mass is 329 g/mol. The van der Waals surface area contributed by atoms with Crippen molar-refractivity contribution in [2.45, 2.75) is 13.3 Å². The summed E-state index contributed by atoms with van der Waals surface area (Å²) in [5.41, 5.74) is 3.53. The second-order valence-electron chi connectivity index (χ2n) is 4.90. The van der Waals surface area contributed by atoms with Crippen LogP contribution in [0.5, 0.6) is 0 Å². The molecule has 2 aromatic heterocycles. The van der Waals surface area contributed by atoms with E-state index in [-0.39, 0.29) is 0 Å². The van der Waals surface area contributed by atoms with E-state index in [1.165, 1.54) is 11.3 Å². The Morgan fingerprint density at radius 3 is 3.05 bits per heavy atom. The molecule has 0 bridgehead atoms. The first-order valence-corrected chi connectivity index (χ1v) is 7.25. The third kappa shape index (κ3) is 1.71. The van der Waals surface area contributed by atoms with E-state index in [0.717, 1.165) is 29.0 Å². The molecule has 0 spiro atoms. The Morgan fingerprint density at radius 1 is 1.25 bits per heavy atom. The number of fused-ring (bicyclic) bond motifs is 2. The highest BCUT2D eigenvalue weighted by atomic mass is 79.9. The van der Waals surface area contributed by atoms with Gasteiger partial charge in [-0.2, -0.15) is 14.6 Å². The van der Waals surface area contributed by atoms with Gasteiger partial charge in [0, 0.05) is 28.5 Å². The van der Waals surface area contributed by atoms with Crippen LogP contribution in [-0.2, 0) is 6.42 Å². The van der Waals surface area contributed by atoms with Gasteiger partial charge in [0.2, 0.25) is 0 Å². The minimum Gasteiger partial charge on any atom is -0.326 e. The van der Waals surface area contributed by atoms with Gasteiger partial charge in [-0.05, 0) is 37.1 Å². The normalized spacial score (nSPS) is 14.0. The Morgan fingerprint density at radius 2 is 2.15 bits per heavy atom. The van der Waals surface area contributed by atoms with Gasteiger partial charge in [-0.3, -0.25) is 0 Å². The molecule has 3 heterocycles. The Balaban J connectivity index is 1.92. The molecule has 1 aromatic carbocycles. The topological polar surface area (TPSA) is 46.3 Å². The number of aryl methyl sites for hydroxylation is 1. The number of aromatic nitrogens is 4. The molecule has 0 atom stereocenters. The van der Waals surface area contributed by atoms with Gasteiger partial charge < -0.3 is 4.90 Å². The molecule has 1 aliphatic heterocycles. The van der Waals surface area contributed by atoms with E-state index in [0.29, 0.717) is 5.78 Å². The fraction of sp³-hybridized carbons (Fsp3) is 0.214. The highest BCUT2D eigenvalue weighted by Gasteiger charge is 2.23. The number of nitrogens with zero attached hydrogens (tertiary/aromatic N) is 5. The van der Waals surface area contributed by atoms with Crippen LogP contribution in [0.3, 0.4) is 0 Å². The smallest absolute Gasteiger partial charge is 0.254 e. The van der Waals surface area contributed by atoms with Crippen LogP contribution in [0.2, 0.25) is 0 Å². The van der Waals surface area contributed by atoms with Crippen molar-refractivity contribution in [1.29, 1.82) is 0 Å². The van der Waals surface area contributed by atoms with Crippen molar-refractivity contribution in [2.24, 2.45) is 0 Å². The van der Waals surface area contributed by atoms with Crippen molar-refractivity contribution in [3.63, 3.8) is 0 Å². The highest BCUT2D eigenvalue weighted by Crippen LogP contribution is 2.35. The molecule has 20 heavy (non-hydrogen) atoms. The average molecular weight is 330 g/mol. The molecule has 100 valence electrons. The maximum absolute atomic E-state index is 4.39. The lowest BCUT2D eigenvalue weighted by molar-refractivity contribution is 0.873. The van der Waals surface area contributed by atoms with Gasteiger partial charge in [0.1, 0.15) is 12.1 Å². The van der Waals surface area contributed by atoms with Crippen LogP contribution < -0.4 is 4.90 Å². The molecule has 0 N–H and O–H groups in total. The van der Waals surface area contributed by atoms with E-state index >= 15 is 0 Å². The summed E-state index contributed by atoms with van der Waals surface area (Å²) in [7, 11) is 0. The lowest BCUT2D eigenvalue weighted by Crippen LogP contribution is -2.17. The third-order valence-corrected chi connectivity index (χ3v) is 4.07. The summed E-state index contributed by atoms with van der Waals surface area (Å²) in [5.74, 6) is 1.66. The van der Waals surface area contributed by atoms with Crippen LogP contribution in [0.25, 0.3) is 5.78 Å². The van der Waals surface area contributed by atoms with Crippen LogP contribution in [-0.4, -0.2) is 26.1 Å². The van der Waals surface area contributed by atoms with Gasteiger partial charge in [0.15, 0.2) is 0 Å². The zero-order valence-electron chi connectivity index (χ0n) is 10.9. The first-order chi connectivity index (χ1) is 9.72. The lowest BCUT2D eigenvalue weighted by Gasteiger charge is -2.20. The van der Waals surface area contributed by atoms with Crippen molar-refractivity contribution >= 4 is 33.2 Å². The Kier molecular flexibility index (Phi) is 2.53. The van der Waals surface area contributed by atoms with Crippen molar-refractivity contribution in [2.75, 3.05) is 11.4 Å². The molecule has 1 aliphatic rings. The van der Waals surface area contributed by atoms with Crippen molar-refractivity contribution in [3.8, 4) is 0 Å². The molecule has 0 fully saturated rings. The zero-order chi connectivity index (χ0) is 13.7. The third-order valence-electron chi connectivity index (χ3n) is 3.57. The van der Waals surface area contributed by atoms with Gasteiger partial charge in [0.25, 0.3) is 5.78 Å². The fourth-order valence-electron chi connectivity index (χ4n) is 2.71. The average Bonchev–Trinajstić information content (AvgIpc) is 3.03. The molecule has 3 aromatic rings. The quantitative estimate of drug-likeness (QED) is 0.688. The standard InChI is InChI=1S/C14H12BrN5/c1-9-6-13(20-14(18-9)16-8-17-20)19-5-4-10-7-11(15)2-3-12(10)19/h2-3,6-8H,4-5H2,1H3. The number of benzene rings is 1. The molecule has 5 nitrogen and oxygen atoms in total. The highest BCUT2D eigenvalue weighted by molar-refractivity contribution is 9.10. The summed E-state index contributed by atoms with van der Waals surface area (Å²) in [6.45, 7) is 2.93. The van der Waals surface area contributed by atoms with Crippen LogP contribution in [0.1, 0.15) is 11.3 Å². The molecule has 0 aliphatic carbocycles. The molecule has 4 rings (SSSR count). The van der Waals surface area contributed by atoms with Crippen LogP contribution in [0, 0.1) is 6.92 Å². The van der Waals surface area contributed by atoms with E-state index in [2.05, 4.69) is 60.2 Å². The van der Waals surface area contributed by atoms with E-state index in [9.17, 15) is 0 Å². The SMILES string of the molecule is Cc1cc(N2CCc3cc(Br)ccc32)n2ncnc2n1. The van der Waals surface area contributed by atoms with E-state index in [1.54, 1.807) is 10.8 Å². The molecule has 0 saturated heterocycles. The van der Waals surface area contributed by atoms with Crippen LogP contribution in [0.4, 0.5) is 11.5 Å². The van der Waals surface area contributed by atoms with Gasteiger partial charge in [-0.25, -0.2) is 4.98 Å². The molecule has 0 radical (unpaired) electrons. The summed E-state index contributed by atoms with van der Waals surface area (Å²) < 4.78 is 2.92. The molecule has 0 unspecified atom stereocenters. The Bertz CT molecular complexity index is 810. The van der Waals surface area contributed by atoms with Crippen LogP contribution >= 0.6 is 15.9 Å². The second kappa shape index (κ2) is 4.28. The van der Waals surface area contributed by atoms with E-state index < -0.39 is 0 Å². The van der Waals surface area contributed by atoms with Crippen molar-refractivity contribution in [1.82, 2.24) is 19.6 Å². The van der Waals surface area contributed by atoms with Gasteiger partial charge in [0.05, 0.1) is 0 Å². The molecular formula is C14H12BrN5. The van der Waals surface area contributed by atoms with Gasteiger partial charge in [-0.15, -0.1) is 0 Å². The number of hydrogen-bond donors (Lipinski definition) is 0. The fourth-order valence-corrected chi connectivity index (χ4v) is 3.12. The van der Waals surface area contributed by atoms with E-state index in [4.69, 9.17) is 0 Å². The van der Waals surface area contributed by atoms with Gasteiger partial charge >= 0.3 is 0 Å². The number of anilines is 2. The van der Waals surface area contributed by atoms with Crippen molar-refractivity contribution in [3.05, 3.63) is 46.3 Å². The number of rotatable bonds is 1. The summed E-state index contributed by atoms with van der Waals surface area (Å²) in [5, 5.41) is 4.29. The number of halogens is 1. The molecule has 6 heteroatoms. The predicted octanol–water partition coefficient (Wildman–Crippen LogP) is 2.89. The summed E-state index contributed by atoms with van der Waals surface area (Å²) in [6, 6.07) is 8.45. The summed E-state index contributed by atoms with van der Waals surface area (Å²) >= 11 is 3.53. The summed E-state index contributed by atoms with van der Waals surface area (Å²) in [4.78, 5) is 10.9. The first-order valence-electron chi connectivity index (χ1n) is 6.46. The summed E-state index contributed by atoms with van der Waals surface area (Å²) in [6.07, 6.45) is 2.58. The van der Waals surface area contributed by atoms with E-state index in [1.807, 2.05) is 6.92 Å². The first kappa shape index (κ1) is 11.8. The molecule has 0 saturated carbocycles. The van der Waals surface area contributed by atoms with Gasteiger partial charge in [-0.1, -0.05) is 15.9 Å². The lowest BCUT2D eigenvalue weighted by atomic mass is 10.2. The zero-order valence-corrected chi connectivity index (χ0v) is 12.5. The van der Waals surface area contributed by atoms with Crippen molar-refractivity contribution < 1.29 is 0 Å². The largest absolute Gasteiger partial charge is 0.326 e. The molecule has 0 amide bonds.